The smallest absolute Gasteiger partial charge is 0.233 e. The number of rotatable bonds is 6. The highest BCUT2D eigenvalue weighted by Crippen LogP contribution is 2.18. The molecular formula is C10H20N2O2. The minimum atomic E-state index is -0.227. The molecule has 1 amide bonds. The number of amides is 1. The first-order valence-electron chi connectivity index (χ1n) is 5.14. The second-order valence-corrected chi connectivity index (χ2v) is 4.75. The summed E-state index contributed by atoms with van der Waals surface area (Å²) in [4.78, 5) is 11.3. The number of hydrogen-bond donors (Lipinski definition) is 3. The summed E-state index contributed by atoms with van der Waals surface area (Å²) in [5.41, 5.74) is -0.227. The standard InChI is InChI=1S/C10H20N2O2/c1-10(2,7-13)6-12-9(14)5-11-8-3-4-8/h8,11,13H,3-7H2,1-2H3,(H,12,14). The van der Waals surface area contributed by atoms with Gasteiger partial charge in [0.25, 0.3) is 0 Å². The van der Waals surface area contributed by atoms with Gasteiger partial charge in [0.1, 0.15) is 0 Å². The van der Waals surface area contributed by atoms with E-state index >= 15 is 0 Å². The molecule has 3 N–H and O–H groups in total. The third kappa shape index (κ3) is 4.58. The van der Waals surface area contributed by atoms with Gasteiger partial charge in [-0.2, -0.15) is 0 Å². The van der Waals surface area contributed by atoms with Crippen LogP contribution in [0.4, 0.5) is 0 Å². The van der Waals surface area contributed by atoms with Crippen LogP contribution >= 0.6 is 0 Å². The summed E-state index contributed by atoms with van der Waals surface area (Å²) in [7, 11) is 0. The molecule has 0 aromatic rings. The van der Waals surface area contributed by atoms with Crippen LogP contribution in [0.1, 0.15) is 26.7 Å². The maximum atomic E-state index is 11.3. The molecule has 0 unspecified atom stereocenters. The molecule has 1 rings (SSSR count). The molecule has 0 bridgehead atoms. The molecule has 14 heavy (non-hydrogen) atoms. The van der Waals surface area contributed by atoms with Gasteiger partial charge in [-0.25, -0.2) is 0 Å². The third-order valence-electron chi connectivity index (χ3n) is 2.32. The molecule has 0 radical (unpaired) electrons. The van der Waals surface area contributed by atoms with Gasteiger partial charge < -0.3 is 15.7 Å². The van der Waals surface area contributed by atoms with Crippen molar-refractivity contribution >= 4 is 5.91 Å². The second kappa shape index (κ2) is 4.75. The van der Waals surface area contributed by atoms with E-state index in [4.69, 9.17) is 5.11 Å². The lowest BCUT2D eigenvalue weighted by Crippen LogP contribution is -2.40. The zero-order valence-corrected chi connectivity index (χ0v) is 8.97. The summed E-state index contributed by atoms with van der Waals surface area (Å²) < 4.78 is 0. The van der Waals surface area contributed by atoms with Crippen molar-refractivity contribution in [1.82, 2.24) is 10.6 Å². The summed E-state index contributed by atoms with van der Waals surface area (Å²) in [6.07, 6.45) is 2.38. The van der Waals surface area contributed by atoms with Crippen molar-refractivity contribution in [3.63, 3.8) is 0 Å². The van der Waals surface area contributed by atoms with Gasteiger partial charge in [-0.15, -0.1) is 0 Å². The van der Waals surface area contributed by atoms with E-state index in [1.54, 1.807) is 0 Å². The molecule has 0 aromatic carbocycles. The van der Waals surface area contributed by atoms with Crippen molar-refractivity contribution in [2.24, 2.45) is 5.41 Å². The first kappa shape index (κ1) is 11.5. The van der Waals surface area contributed by atoms with Crippen molar-refractivity contribution in [1.29, 1.82) is 0 Å². The Morgan fingerprint density at radius 3 is 2.64 bits per heavy atom. The molecule has 0 aromatic heterocycles. The molecule has 0 saturated heterocycles. The number of aliphatic hydroxyl groups excluding tert-OH is 1. The van der Waals surface area contributed by atoms with Gasteiger partial charge in [0.15, 0.2) is 0 Å². The fourth-order valence-electron chi connectivity index (χ4n) is 0.981. The summed E-state index contributed by atoms with van der Waals surface area (Å²) in [5, 5.41) is 14.9. The largest absolute Gasteiger partial charge is 0.396 e. The van der Waals surface area contributed by atoms with Crippen LogP contribution < -0.4 is 10.6 Å². The zero-order valence-electron chi connectivity index (χ0n) is 8.97. The van der Waals surface area contributed by atoms with E-state index in [-0.39, 0.29) is 17.9 Å². The van der Waals surface area contributed by atoms with Crippen molar-refractivity contribution in [2.75, 3.05) is 19.7 Å². The summed E-state index contributed by atoms with van der Waals surface area (Å²) in [6.45, 7) is 4.84. The molecule has 82 valence electrons. The van der Waals surface area contributed by atoms with Crippen LogP contribution in [0.3, 0.4) is 0 Å². The monoisotopic (exact) mass is 200 g/mol. The van der Waals surface area contributed by atoms with E-state index in [1.165, 1.54) is 12.8 Å². The van der Waals surface area contributed by atoms with E-state index in [0.29, 0.717) is 19.1 Å². The minimum absolute atomic E-state index is 0.0124. The molecule has 1 saturated carbocycles. The first-order valence-corrected chi connectivity index (χ1v) is 5.14. The van der Waals surface area contributed by atoms with Gasteiger partial charge in [0, 0.05) is 24.6 Å². The number of aliphatic hydroxyl groups is 1. The Morgan fingerprint density at radius 2 is 2.14 bits per heavy atom. The highest BCUT2D eigenvalue weighted by Gasteiger charge is 2.22. The molecule has 4 nitrogen and oxygen atoms in total. The van der Waals surface area contributed by atoms with E-state index < -0.39 is 0 Å². The van der Waals surface area contributed by atoms with Crippen LogP contribution in [0, 0.1) is 5.41 Å². The molecule has 0 spiro atoms. The first-order chi connectivity index (χ1) is 6.53. The van der Waals surface area contributed by atoms with Crippen LogP contribution in [0.2, 0.25) is 0 Å². The van der Waals surface area contributed by atoms with Crippen molar-refractivity contribution < 1.29 is 9.90 Å². The average molecular weight is 200 g/mol. The predicted octanol–water partition coefficient (Wildman–Crippen LogP) is -0.127. The Morgan fingerprint density at radius 1 is 1.50 bits per heavy atom. The average Bonchev–Trinajstić information content (AvgIpc) is 2.95. The topological polar surface area (TPSA) is 61.4 Å². The molecule has 1 fully saturated rings. The Kier molecular flexibility index (Phi) is 3.89. The van der Waals surface area contributed by atoms with Crippen LogP contribution in [0.15, 0.2) is 0 Å². The lowest BCUT2D eigenvalue weighted by molar-refractivity contribution is -0.120. The van der Waals surface area contributed by atoms with E-state index in [2.05, 4.69) is 10.6 Å². The van der Waals surface area contributed by atoms with Crippen LogP contribution in [-0.4, -0.2) is 36.8 Å². The van der Waals surface area contributed by atoms with Crippen molar-refractivity contribution in [3.8, 4) is 0 Å². The van der Waals surface area contributed by atoms with Gasteiger partial charge in [0.05, 0.1) is 6.54 Å². The van der Waals surface area contributed by atoms with Gasteiger partial charge in [-0.05, 0) is 12.8 Å². The number of nitrogens with one attached hydrogen (secondary N) is 2. The van der Waals surface area contributed by atoms with Crippen LogP contribution in [-0.2, 0) is 4.79 Å². The number of carbonyl (C=O) groups excluding carboxylic acids is 1. The SMILES string of the molecule is CC(C)(CO)CNC(=O)CNC1CC1. The summed E-state index contributed by atoms with van der Waals surface area (Å²) >= 11 is 0. The summed E-state index contributed by atoms with van der Waals surface area (Å²) in [6, 6.07) is 0.562. The fourth-order valence-corrected chi connectivity index (χ4v) is 0.981. The fraction of sp³-hybridized carbons (Fsp3) is 0.900. The highest BCUT2D eigenvalue weighted by molar-refractivity contribution is 5.78. The molecule has 1 aliphatic carbocycles. The molecule has 0 heterocycles. The lowest BCUT2D eigenvalue weighted by Gasteiger charge is -2.21. The Balaban J connectivity index is 2.07. The molecule has 0 atom stereocenters. The molecule has 0 aliphatic heterocycles. The van der Waals surface area contributed by atoms with Crippen LogP contribution in [0.25, 0.3) is 0 Å². The quantitative estimate of drug-likeness (QED) is 0.560. The van der Waals surface area contributed by atoms with Gasteiger partial charge in [0.2, 0.25) is 5.91 Å². The normalized spacial score (nSPS) is 16.8. The molecule has 4 heteroatoms. The number of carbonyl (C=O) groups is 1. The van der Waals surface area contributed by atoms with Gasteiger partial charge in [-0.1, -0.05) is 13.8 Å². The Bertz CT molecular complexity index is 200. The van der Waals surface area contributed by atoms with Gasteiger partial charge >= 0.3 is 0 Å². The van der Waals surface area contributed by atoms with Gasteiger partial charge in [-0.3, -0.25) is 4.79 Å². The predicted molar refractivity (Wildman–Crippen MR) is 54.9 cm³/mol. The highest BCUT2D eigenvalue weighted by atomic mass is 16.3. The number of hydrogen-bond acceptors (Lipinski definition) is 3. The molecule has 1 aliphatic rings. The zero-order chi connectivity index (χ0) is 10.6. The Labute approximate surface area is 85.1 Å². The van der Waals surface area contributed by atoms with E-state index in [0.717, 1.165) is 0 Å². The van der Waals surface area contributed by atoms with Crippen LogP contribution in [0.5, 0.6) is 0 Å². The second-order valence-electron chi connectivity index (χ2n) is 4.75. The third-order valence-corrected chi connectivity index (χ3v) is 2.32. The van der Waals surface area contributed by atoms with Crippen molar-refractivity contribution in [3.05, 3.63) is 0 Å². The Hall–Kier alpha value is -0.610. The van der Waals surface area contributed by atoms with E-state index in [1.807, 2.05) is 13.8 Å². The molecular weight excluding hydrogens is 180 g/mol. The summed E-state index contributed by atoms with van der Waals surface area (Å²) in [5.74, 6) is 0.0124. The lowest BCUT2D eigenvalue weighted by atomic mass is 9.95. The van der Waals surface area contributed by atoms with Crippen molar-refractivity contribution in [2.45, 2.75) is 32.7 Å². The minimum Gasteiger partial charge on any atom is -0.396 e. The maximum absolute atomic E-state index is 11.3. The maximum Gasteiger partial charge on any atom is 0.233 e. The van der Waals surface area contributed by atoms with E-state index in [9.17, 15) is 4.79 Å².